The average molecular weight is 384 g/mol. The van der Waals surface area contributed by atoms with E-state index in [0.29, 0.717) is 18.8 Å². The van der Waals surface area contributed by atoms with Crippen LogP contribution >= 0.6 is 0 Å². The number of urea groups is 1. The van der Waals surface area contributed by atoms with Crippen LogP contribution in [0.25, 0.3) is 0 Å². The number of amides is 3. The third-order valence-electron chi connectivity index (χ3n) is 5.55. The molecule has 1 heterocycles. The van der Waals surface area contributed by atoms with Crippen molar-refractivity contribution in [2.45, 2.75) is 58.4 Å². The van der Waals surface area contributed by atoms with E-state index in [9.17, 15) is 22.8 Å². The number of nitrogens with one attached hydrogen (secondary N) is 1. The minimum atomic E-state index is -4.79. The number of carbonyl (C=O) groups is 2. The predicted molar refractivity (Wildman–Crippen MR) is 93.3 cm³/mol. The van der Waals surface area contributed by atoms with Crippen LogP contribution in [-0.2, 0) is 4.79 Å². The predicted octanol–water partition coefficient (Wildman–Crippen LogP) is 4.62. The summed E-state index contributed by atoms with van der Waals surface area (Å²) in [7, 11) is 0. The fraction of sp³-hybridized carbons (Fsp3) is 0.579. The maximum absolute atomic E-state index is 13.0. The summed E-state index contributed by atoms with van der Waals surface area (Å²) in [6.45, 7) is 6.50. The number of anilines is 1. The van der Waals surface area contributed by atoms with Crippen LogP contribution in [0.15, 0.2) is 24.3 Å². The van der Waals surface area contributed by atoms with E-state index in [4.69, 9.17) is 0 Å². The summed E-state index contributed by atoms with van der Waals surface area (Å²) < 4.78 is 40.6. The Hall–Kier alpha value is -2.25. The highest BCUT2D eigenvalue weighted by atomic mass is 19.4. The lowest BCUT2D eigenvalue weighted by Crippen LogP contribution is -2.50. The molecule has 0 radical (unpaired) electrons. The Balaban J connectivity index is 1.75. The smallest absolute Gasteiger partial charge is 0.406 e. The minimum absolute atomic E-state index is 0.140. The number of rotatable bonds is 2. The van der Waals surface area contributed by atoms with Gasteiger partial charge in [0.2, 0.25) is 0 Å². The quantitative estimate of drug-likeness (QED) is 0.757. The van der Waals surface area contributed by atoms with Crippen molar-refractivity contribution >= 4 is 17.6 Å². The van der Waals surface area contributed by atoms with Crippen LogP contribution in [0.1, 0.15) is 46.5 Å². The molecule has 3 amide bonds. The van der Waals surface area contributed by atoms with Gasteiger partial charge in [0.15, 0.2) is 0 Å². The van der Waals surface area contributed by atoms with Gasteiger partial charge in [-0.1, -0.05) is 20.8 Å². The molecule has 1 aromatic rings. The number of ether oxygens (including phenoxy) is 1. The Labute approximate surface area is 155 Å². The summed E-state index contributed by atoms with van der Waals surface area (Å²) in [5.74, 6) is -0.274. The van der Waals surface area contributed by atoms with E-state index in [1.165, 1.54) is 12.1 Å². The number of benzene rings is 1. The Morgan fingerprint density at radius 2 is 1.63 bits per heavy atom. The molecular weight excluding hydrogens is 361 g/mol. The Bertz CT molecular complexity index is 730. The number of hydrogen-bond donors (Lipinski definition) is 1. The van der Waals surface area contributed by atoms with Gasteiger partial charge in [0.05, 0.1) is 5.69 Å². The van der Waals surface area contributed by atoms with Gasteiger partial charge in [-0.2, -0.15) is 0 Å². The van der Waals surface area contributed by atoms with E-state index in [0.717, 1.165) is 29.9 Å². The highest BCUT2D eigenvalue weighted by molar-refractivity contribution is 6.23. The van der Waals surface area contributed by atoms with Crippen molar-refractivity contribution in [3.8, 4) is 5.75 Å². The van der Waals surface area contributed by atoms with Crippen molar-refractivity contribution in [1.29, 1.82) is 0 Å². The summed E-state index contributed by atoms with van der Waals surface area (Å²) >= 11 is 0. The lowest BCUT2D eigenvalue weighted by Gasteiger charge is -2.40. The Kier molecular flexibility index (Phi) is 4.64. The number of nitrogens with zero attached hydrogens (tertiary/aromatic N) is 1. The average Bonchev–Trinajstić information content (AvgIpc) is 2.77. The van der Waals surface area contributed by atoms with Gasteiger partial charge in [0.25, 0.3) is 5.91 Å². The second-order valence-corrected chi connectivity index (χ2v) is 8.33. The fourth-order valence-electron chi connectivity index (χ4n) is 3.97. The molecule has 0 unspecified atom stereocenters. The van der Waals surface area contributed by atoms with E-state index in [1.54, 1.807) is 0 Å². The van der Waals surface area contributed by atoms with Crippen LogP contribution in [0, 0.1) is 11.3 Å². The standard InChI is InChI=1S/C19H23F3N2O3/c1-17(2,3)12-8-10-18(11-9-12)15(25)24(16(26)23-18)13-4-6-14(7-5-13)27-19(20,21)22/h4-7,12H,8-11H2,1-3H3,(H,23,26)/t12-,18-. The monoisotopic (exact) mass is 384 g/mol. The molecule has 8 heteroatoms. The lowest BCUT2D eigenvalue weighted by atomic mass is 9.67. The van der Waals surface area contributed by atoms with Crippen LogP contribution in [0.3, 0.4) is 0 Å². The summed E-state index contributed by atoms with van der Waals surface area (Å²) in [6, 6.07) is 4.19. The zero-order chi connectivity index (χ0) is 20.0. The van der Waals surface area contributed by atoms with Crippen LogP contribution in [0.4, 0.5) is 23.7 Å². The molecule has 27 heavy (non-hydrogen) atoms. The zero-order valence-corrected chi connectivity index (χ0v) is 15.5. The molecule has 1 spiro atoms. The highest BCUT2D eigenvalue weighted by Gasteiger charge is 2.53. The Morgan fingerprint density at radius 3 is 2.11 bits per heavy atom. The SMILES string of the molecule is CC(C)(C)[C@H]1CC[C@@]2(CC1)NC(=O)N(c1ccc(OC(F)(F)F)cc1)C2=O. The summed E-state index contributed by atoms with van der Waals surface area (Å²) in [5, 5.41) is 2.82. The van der Waals surface area contributed by atoms with Gasteiger partial charge in [0.1, 0.15) is 11.3 Å². The molecule has 1 saturated heterocycles. The Morgan fingerprint density at radius 1 is 1.07 bits per heavy atom. The summed E-state index contributed by atoms with van der Waals surface area (Å²) in [4.78, 5) is 26.4. The lowest BCUT2D eigenvalue weighted by molar-refractivity contribution is -0.274. The molecule has 0 bridgehead atoms. The van der Waals surface area contributed by atoms with Gasteiger partial charge in [-0.3, -0.25) is 4.79 Å². The van der Waals surface area contributed by atoms with Crippen molar-refractivity contribution < 1.29 is 27.5 Å². The number of carbonyl (C=O) groups excluding carboxylic acids is 2. The van der Waals surface area contributed by atoms with Gasteiger partial charge < -0.3 is 10.1 Å². The second kappa shape index (κ2) is 6.42. The molecule has 1 N–H and O–H groups in total. The topological polar surface area (TPSA) is 58.6 Å². The maximum atomic E-state index is 13.0. The third kappa shape index (κ3) is 3.89. The highest BCUT2D eigenvalue weighted by Crippen LogP contribution is 2.44. The molecule has 3 rings (SSSR count). The van der Waals surface area contributed by atoms with Gasteiger partial charge in [-0.05, 0) is 61.3 Å². The van der Waals surface area contributed by atoms with E-state index in [2.05, 4.69) is 30.8 Å². The second-order valence-electron chi connectivity index (χ2n) is 8.33. The number of imide groups is 1. The van der Waals surface area contributed by atoms with Crippen molar-refractivity contribution in [1.82, 2.24) is 5.32 Å². The maximum Gasteiger partial charge on any atom is 0.573 e. The number of halogens is 3. The molecule has 0 aromatic heterocycles. The first kappa shape index (κ1) is 19.5. The van der Waals surface area contributed by atoms with Crippen LogP contribution in [-0.4, -0.2) is 23.8 Å². The fourth-order valence-corrected chi connectivity index (χ4v) is 3.97. The van der Waals surface area contributed by atoms with Gasteiger partial charge in [0, 0.05) is 0 Å². The van der Waals surface area contributed by atoms with Crippen LogP contribution in [0.5, 0.6) is 5.75 Å². The largest absolute Gasteiger partial charge is 0.573 e. The number of hydrogen-bond acceptors (Lipinski definition) is 3. The van der Waals surface area contributed by atoms with Crippen LogP contribution in [0.2, 0.25) is 0 Å². The zero-order valence-electron chi connectivity index (χ0n) is 15.5. The molecular formula is C19H23F3N2O3. The summed E-state index contributed by atoms with van der Waals surface area (Å²) in [5.41, 5.74) is -0.553. The first-order chi connectivity index (χ1) is 12.4. The summed E-state index contributed by atoms with van der Waals surface area (Å²) in [6.07, 6.45) is -2.00. The molecule has 0 atom stereocenters. The molecule has 1 aliphatic heterocycles. The van der Waals surface area contributed by atoms with E-state index < -0.39 is 23.7 Å². The molecule has 1 aliphatic carbocycles. The molecule has 1 saturated carbocycles. The van der Waals surface area contributed by atoms with Gasteiger partial charge >= 0.3 is 12.4 Å². The molecule has 148 valence electrons. The van der Waals surface area contributed by atoms with Crippen molar-refractivity contribution in [2.24, 2.45) is 11.3 Å². The van der Waals surface area contributed by atoms with Crippen molar-refractivity contribution in [3.63, 3.8) is 0 Å². The first-order valence-corrected chi connectivity index (χ1v) is 8.94. The molecule has 2 fully saturated rings. The van der Waals surface area contributed by atoms with E-state index in [-0.39, 0.29) is 17.0 Å². The molecule has 5 nitrogen and oxygen atoms in total. The van der Waals surface area contributed by atoms with E-state index >= 15 is 0 Å². The molecule has 1 aromatic carbocycles. The normalized spacial score (nSPS) is 26.4. The van der Waals surface area contributed by atoms with Crippen molar-refractivity contribution in [2.75, 3.05) is 4.90 Å². The third-order valence-corrected chi connectivity index (χ3v) is 5.55. The van der Waals surface area contributed by atoms with Crippen molar-refractivity contribution in [3.05, 3.63) is 24.3 Å². The molecule has 2 aliphatic rings. The number of alkyl halides is 3. The van der Waals surface area contributed by atoms with Gasteiger partial charge in [-0.15, -0.1) is 13.2 Å². The van der Waals surface area contributed by atoms with Gasteiger partial charge in [-0.25, -0.2) is 9.69 Å². The van der Waals surface area contributed by atoms with E-state index in [1.807, 2.05) is 0 Å². The van der Waals surface area contributed by atoms with Crippen LogP contribution < -0.4 is 15.0 Å². The first-order valence-electron chi connectivity index (χ1n) is 8.94. The minimum Gasteiger partial charge on any atom is -0.406 e.